The molecule has 1 unspecified atom stereocenters. The highest BCUT2D eigenvalue weighted by atomic mass is 35.5. The Morgan fingerprint density at radius 1 is 1.05 bits per heavy atom. The molecule has 0 radical (unpaired) electrons. The number of allylic oxidation sites excluding steroid dienone is 1. The second kappa shape index (κ2) is 10.8. The predicted molar refractivity (Wildman–Crippen MR) is 143 cm³/mol. The summed E-state index contributed by atoms with van der Waals surface area (Å²) in [6.07, 6.45) is 1.46. The summed E-state index contributed by atoms with van der Waals surface area (Å²) in [5.74, 6) is 1.50. The lowest BCUT2D eigenvalue weighted by Crippen LogP contribution is -2.31. The molecule has 2 heterocycles. The van der Waals surface area contributed by atoms with Crippen LogP contribution in [0.4, 0.5) is 11.6 Å². The maximum atomic E-state index is 13.6. The summed E-state index contributed by atoms with van der Waals surface area (Å²) in [5, 5.41) is 11.2. The normalized spacial score (nSPS) is 14.5. The number of benzene rings is 3. The number of nitrogens with zero attached hydrogens (tertiary/aromatic N) is 3. The van der Waals surface area contributed by atoms with Crippen LogP contribution in [-0.4, -0.2) is 27.3 Å². The van der Waals surface area contributed by atoms with Crippen molar-refractivity contribution >= 4 is 29.1 Å². The Bertz CT molecular complexity index is 1430. The van der Waals surface area contributed by atoms with Crippen LogP contribution in [0.2, 0.25) is 5.02 Å². The van der Waals surface area contributed by atoms with Crippen molar-refractivity contribution in [3.8, 4) is 11.5 Å². The highest BCUT2D eigenvalue weighted by molar-refractivity contribution is 6.30. The van der Waals surface area contributed by atoms with Crippen molar-refractivity contribution in [1.82, 2.24) is 14.8 Å². The molecule has 8 nitrogen and oxygen atoms in total. The number of ether oxygens (including phenoxy) is 2. The third kappa shape index (κ3) is 5.29. The Morgan fingerprint density at radius 2 is 1.84 bits per heavy atom. The van der Waals surface area contributed by atoms with Gasteiger partial charge in [0.05, 0.1) is 12.2 Å². The Morgan fingerprint density at radius 3 is 2.59 bits per heavy atom. The minimum absolute atomic E-state index is 0.263. The number of hydrogen-bond donors (Lipinski definition) is 2. The minimum Gasteiger partial charge on any atom is -0.490 e. The van der Waals surface area contributed by atoms with Gasteiger partial charge in [0.2, 0.25) is 5.95 Å². The minimum atomic E-state index is -0.534. The molecule has 0 bridgehead atoms. The predicted octanol–water partition coefficient (Wildman–Crippen LogP) is 5.84. The van der Waals surface area contributed by atoms with Crippen LogP contribution in [0.25, 0.3) is 0 Å². The molecular formula is C28H26ClN5O3. The quantitative estimate of drug-likeness (QED) is 0.306. The average molecular weight is 516 g/mol. The van der Waals surface area contributed by atoms with E-state index in [2.05, 4.69) is 20.7 Å². The van der Waals surface area contributed by atoms with E-state index in [1.54, 1.807) is 28.9 Å². The molecule has 9 heteroatoms. The SMILES string of the molecule is CCOc1cc(C2C(C(=O)Nc3ccc(Cl)cc3)=C(C)Nc3ncnn32)ccc1OCc1ccccc1. The second-order valence-corrected chi connectivity index (χ2v) is 8.91. The molecule has 1 amide bonds. The molecule has 37 heavy (non-hydrogen) atoms. The molecule has 3 aromatic carbocycles. The standard InChI is InChI=1S/C28H26ClN5O3/c1-3-36-24-15-20(9-14-23(24)37-16-19-7-5-4-6-8-19)26-25(18(2)32-28-30-17-31-34(26)28)27(35)33-22-12-10-21(29)11-13-22/h4-15,17,26H,3,16H2,1-2H3,(H,33,35)(H,30,31,32). The Labute approximate surface area is 219 Å². The third-order valence-electron chi connectivity index (χ3n) is 5.96. The number of rotatable bonds is 8. The zero-order valence-corrected chi connectivity index (χ0v) is 21.2. The van der Waals surface area contributed by atoms with E-state index in [-0.39, 0.29) is 5.91 Å². The average Bonchev–Trinajstić information content (AvgIpc) is 3.37. The molecule has 2 N–H and O–H groups in total. The summed E-state index contributed by atoms with van der Waals surface area (Å²) in [4.78, 5) is 17.9. The van der Waals surface area contributed by atoms with Crippen molar-refractivity contribution in [2.45, 2.75) is 26.5 Å². The Hall–Kier alpha value is -4.30. The number of amides is 1. The summed E-state index contributed by atoms with van der Waals surface area (Å²) in [7, 11) is 0. The summed E-state index contributed by atoms with van der Waals surface area (Å²) < 4.78 is 13.7. The van der Waals surface area contributed by atoms with E-state index in [0.717, 1.165) is 11.1 Å². The number of carbonyl (C=O) groups excluding carboxylic acids is 1. The molecule has 0 aliphatic carbocycles. The Balaban J connectivity index is 1.49. The molecule has 1 aliphatic rings. The number of anilines is 2. The molecule has 0 saturated heterocycles. The zero-order chi connectivity index (χ0) is 25.8. The van der Waals surface area contributed by atoms with E-state index in [0.29, 0.717) is 52.6 Å². The fourth-order valence-corrected chi connectivity index (χ4v) is 4.37. The van der Waals surface area contributed by atoms with Gasteiger partial charge in [0.1, 0.15) is 19.0 Å². The van der Waals surface area contributed by atoms with Gasteiger partial charge < -0.3 is 20.1 Å². The maximum absolute atomic E-state index is 13.6. The van der Waals surface area contributed by atoms with Crippen molar-refractivity contribution < 1.29 is 14.3 Å². The maximum Gasteiger partial charge on any atom is 0.255 e. The van der Waals surface area contributed by atoms with Gasteiger partial charge in [-0.25, -0.2) is 4.68 Å². The van der Waals surface area contributed by atoms with Gasteiger partial charge in [-0.15, -0.1) is 0 Å². The smallest absolute Gasteiger partial charge is 0.255 e. The molecule has 4 aromatic rings. The lowest BCUT2D eigenvalue weighted by atomic mass is 9.94. The lowest BCUT2D eigenvalue weighted by molar-refractivity contribution is -0.113. The highest BCUT2D eigenvalue weighted by Gasteiger charge is 2.34. The van der Waals surface area contributed by atoms with E-state index in [1.807, 2.05) is 62.4 Å². The molecule has 0 spiro atoms. The van der Waals surface area contributed by atoms with E-state index >= 15 is 0 Å². The summed E-state index contributed by atoms with van der Waals surface area (Å²) in [6.45, 7) is 4.64. The Kier molecular flexibility index (Phi) is 7.09. The molecule has 5 rings (SSSR count). The monoisotopic (exact) mass is 515 g/mol. The zero-order valence-electron chi connectivity index (χ0n) is 20.4. The fourth-order valence-electron chi connectivity index (χ4n) is 4.24. The number of fused-ring (bicyclic) bond motifs is 1. The van der Waals surface area contributed by atoms with E-state index in [4.69, 9.17) is 21.1 Å². The van der Waals surface area contributed by atoms with Crippen molar-refractivity contribution in [1.29, 1.82) is 0 Å². The first-order chi connectivity index (χ1) is 18.0. The fraction of sp³-hybridized carbons (Fsp3) is 0.179. The van der Waals surface area contributed by atoms with Crippen LogP contribution in [0, 0.1) is 0 Å². The van der Waals surface area contributed by atoms with Gasteiger partial charge in [0.25, 0.3) is 5.91 Å². The second-order valence-electron chi connectivity index (χ2n) is 8.47. The van der Waals surface area contributed by atoms with Crippen LogP contribution < -0.4 is 20.1 Å². The molecule has 0 fully saturated rings. The van der Waals surface area contributed by atoms with Gasteiger partial charge in [-0.05, 0) is 61.4 Å². The van der Waals surface area contributed by atoms with Crippen LogP contribution in [0.15, 0.2) is 90.4 Å². The van der Waals surface area contributed by atoms with Gasteiger partial charge in [-0.1, -0.05) is 48.0 Å². The third-order valence-corrected chi connectivity index (χ3v) is 6.21. The number of hydrogen-bond acceptors (Lipinski definition) is 6. The molecule has 188 valence electrons. The molecule has 1 atom stereocenters. The lowest BCUT2D eigenvalue weighted by Gasteiger charge is -2.29. The molecular weight excluding hydrogens is 490 g/mol. The molecule has 1 aliphatic heterocycles. The van der Waals surface area contributed by atoms with Crippen LogP contribution in [0.1, 0.15) is 31.0 Å². The van der Waals surface area contributed by atoms with Crippen molar-refractivity contribution in [3.05, 3.63) is 107 Å². The van der Waals surface area contributed by atoms with Gasteiger partial charge in [0.15, 0.2) is 11.5 Å². The van der Waals surface area contributed by atoms with Crippen LogP contribution in [0.5, 0.6) is 11.5 Å². The number of aromatic nitrogens is 3. The summed E-state index contributed by atoms with van der Waals surface area (Å²) in [5.41, 5.74) is 3.69. The first-order valence-electron chi connectivity index (χ1n) is 11.9. The first-order valence-corrected chi connectivity index (χ1v) is 12.3. The van der Waals surface area contributed by atoms with E-state index in [9.17, 15) is 4.79 Å². The van der Waals surface area contributed by atoms with Crippen LogP contribution in [-0.2, 0) is 11.4 Å². The topological polar surface area (TPSA) is 90.3 Å². The molecule has 1 aromatic heterocycles. The van der Waals surface area contributed by atoms with Crippen molar-refractivity contribution in [3.63, 3.8) is 0 Å². The number of halogens is 1. The van der Waals surface area contributed by atoms with Crippen LogP contribution >= 0.6 is 11.6 Å². The number of carbonyl (C=O) groups is 1. The largest absolute Gasteiger partial charge is 0.490 e. The summed E-state index contributed by atoms with van der Waals surface area (Å²) >= 11 is 6.00. The first kappa shape index (κ1) is 24.4. The van der Waals surface area contributed by atoms with Crippen LogP contribution in [0.3, 0.4) is 0 Å². The summed E-state index contributed by atoms with van der Waals surface area (Å²) in [6, 6.07) is 22.1. The van der Waals surface area contributed by atoms with E-state index in [1.165, 1.54) is 6.33 Å². The van der Waals surface area contributed by atoms with Gasteiger partial charge >= 0.3 is 0 Å². The van der Waals surface area contributed by atoms with Gasteiger partial charge in [-0.3, -0.25) is 4.79 Å². The van der Waals surface area contributed by atoms with E-state index < -0.39 is 6.04 Å². The number of nitrogens with one attached hydrogen (secondary N) is 2. The van der Waals surface area contributed by atoms with Gasteiger partial charge in [-0.2, -0.15) is 10.1 Å². The highest BCUT2D eigenvalue weighted by Crippen LogP contribution is 2.39. The van der Waals surface area contributed by atoms with Crippen molar-refractivity contribution in [2.24, 2.45) is 0 Å². The van der Waals surface area contributed by atoms with Gasteiger partial charge in [0, 0.05) is 16.4 Å². The van der Waals surface area contributed by atoms with Crippen molar-refractivity contribution in [2.75, 3.05) is 17.2 Å². The molecule has 0 saturated carbocycles.